The molecule has 0 aliphatic heterocycles. The molecular formula is C21H24N2O3S. The fraction of sp³-hybridized carbons (Fsp3) is 0.333. The second kappa shape index (κ2) is 8.95. The number of ether oxygens (including phenoxy) is 2. The lowest BCUT2D eigenvalue weighted by atomic mass is 10.1. The summed E-state index contributed by atoms with van der Waals surface area (Å²) in [5.74, 6) is 1.53. The number of nitrogens with zero attached hydrogens (tertiary/aromatic N) is 2. The summed E-state index contributed by atoms with van der Waals surface area (Å²) in [5, 5.41) is 0.887. The number of thioether (sulfide) groups is 1. The molecule has 0 saturated heterocycles. The third-order valence-electron chi connectivity index (χ3n) is 4.39. The summed E-state index contributed by atoms with van der Waals surface area (Å²) in [6.45, 7) is 3.08. The van der Waals surface area contributed by atoms with Gasteiger partial charge in [0.25, 0.3) is 0 Å². The van der Waals surface area contributed by atoms with E-state index in [9.17, 15) is 4.79 Å². The predicted octanol–water partition coefficient (Wildman–Crippen LogP) is 4.83. The third-order valence-corrected chi connectivity index (χ3v) is 5.37. The van der Waals surface area contributed by atoms with E-state index in [2.05, 4.69) is 17.6 Å². The average molecular weight is 385 g/mol. The minimum atomic E-state index is 0.0371. The maximum Gasteiger partial charge on any atom is 0.173 e. The number of rotatable bonds is 9. The molecule has 0 aliphatic carbocycles. The van der Waals surface area contributed by atoms with E-state index >= 15 is 0 Å². The molecule has 0 unspecified atom stereocenters. The molecule has 0 fully saturated rings. The smallest absolute Gasteiger partial charge is 0.173 e. The zero-order valence-electron chi connectivity index (χ0n) is 15.9. The first-order valence-electron chi connectivity index (χ1n) is 9.01. The molecular weight excluding hydrogens is 360 g/mol. The highest BCUT2D eigenvalue weighted by molar-refractivity contribution is 7.99. The van der Waals surface area contributed by atoms with Gasteiger partial charge < -0.3 is 14.0 Å². The number of hydrogen-bond donors (Lipinski definition) is 0. The van der Waals surface area contributed by atoms with E-state index in [1.807, 2.05) is 18.2 Å². The maximum atomic E-state index is 12.7. The van der Waals surface area contributed by atoms with E-state index in [-0.39, 0.29) is 5.78 Å². The molecule has 0 bridgehead atoms. The number of Topliss-reactive ketones (excluding diaryl/α,β-unsaturated/α-hetero) is 1. The molecule has 1 heterocycles. The minimum Gasteiger partial charge on any atom is -0.493 e. The highest BCUT2D eigenvalue weighted by atomic mass is 32.2. The van der Waals surface area contributed by atoms with Gasteiger partial charge in [0.05, 0.1) is 31.0 Å². The van der Waals surface area contributed by atoms with Crippen molar-refractivity contribution in [3.05, 3.63) is 48.0 Å². The fourth-order valence-corrected chi connectivity index (χ4v) is 3.85. The first kappa shape index (κ1) is 19.3. The van der Waals surface area contributed by atoms with E-state index in [0.29, 0.717) is 22.8 Å². The molecule has 0 amide bonds. The number of benzene rings is 2. The van der Waals surface area contributed by atoms with Gasteiger partial charge in [-0.3, -0.25) is 4.79 Å². The molecule has 27 heavy (non-hydrogen) atoms. The van der Waals surface area contributed by atoms with Crippen LogP contribution in [-0.4, -0.2) is 35.3 Å². The fourth-order valence-electron chi connectivity index (χ4n) is 2.92. The van der Waals surface area contributed by atoms with Crippen molar-refractivity contribution in [2.75, 3.05) is 20.0 Å². The van der Waals surface area contributed by atoms with E-state index in [0.717, 1.165) is 35.6 Å². The van der Waals surface area contributed by atoms with Gasteiger partial charge in [-0.1, -0.05) is 37.2 Å². The van der Waals surface area contributed by atoms with Crippen LogP contribution in [0.2, 0.25) is 0 Å². The Hall–Kier alpha value is -2.47. The maximum absolute atomic E-state index is 12.7. The lowest BCUT2D eigenvalue weighted by Gasteiger charge is -2.10. The summed E-state index contributed by atoms with van der Waals surface area (Å²) >= 11 is 1.48. The van der Waals surface area contributed by atoms with E-state index < -0.39 is 0 Å². The number of unbranched alkanes of at least 4 members (excludes halogenated alkanes) is 1. The number of carbonyl (C=O) groups is 1. The molecule has 0 aliphatic rings. The van der Waals surface area contributed by atoms with E-state index in [1.165, 1.54) is 11.8 Å². The van der Waals surface area contributed by atoms with E-state index in [4.69, 9.17) is 14.5 Å². The van der Waals surface area contributed by atoms with Gasteiger partial charge in [-0.15, -0.1) is 0 Å². The van der Waals surface area contributed by atoms with Crippen molar-refractivity contribution in [1.82, 2.24) is 9.55 Å². The van der Waals surface area contributed by atoms with Crippen molar-refractivity contribution in [3.8, 4) is 11.5 Å². The number of para-hydroxylation sites is 2. The molecule has 1 aromatic heterocycles. The topological polar surface area (TPSA) is 53.4 Å². The first-order chi connectivity index (χ1) is 13.2. The Bertz CT molecular complexity index is 936. The standard InChI is InChI=1S/C21H24N2O3S/c1-4-5-12-23-17-9-7-6-8-16(17)22-21(23)27-14-18(24)15-10-11-19(25-2)20(13-15)26-3/h6-11,13H,4-5,12,14H2,1-3H3. The number of hydrogen-bond acceptors (Lipinski definition) is 5. The lowest BCUT2D eigenvalue weighted by Crippen LogP contribution is -2.06. The number of carbonyl (C=O) groups excluding carboxylic acids is 1. The van der Waals surface area contributed by atoms with Crippen LogP contribution >= 0.6 is 11.8 Å². The number of ketones is 1. The quantitative estimate of drug-likeness (QED) is 0.391. The predicted molar refractivity (Wildman–Crippen MR) is 109 cm³/mol. The molecule has 0 N–H and O–H groups in total. The molecule has 0 radical (unpaired) electrons. The average Bonchev–Trinajstić information content (AvgIpc) is 3.07. The molecule has 5 nitrogen and oxygen atoms in total. The van der Waals surface area contributed by atoms with Crippen molar-refractivity contribution >= 4 is 28.6 Å². The van der Waals surface area contributed by atoms with Crippen molar-refractivity contribution < 1.29 is 14.3 Å². The number of methoxy groups -OCH3 is 2. The molecule has 6 heteroatoms. The Morgan fingerprint density at radius 3 is 2.63 bits per heavy atom. The van der Waals surface area contributed by atoms with Crippen molar-refractivity contribution in [1.29, 1.82) is 0 Å². The molecule has 2 aromatic carbocycles. The largest absolute Gasteiger partial charge is 0.493 e. The Morgan fingerprint density at radius 2 is 1.89 bits per heavy atom. The SMILES string of the molecule is CCCCn1c(SCC(=O)c2ccc(OC)c(OC)c2)nc2ccccc21. The molecule has 3 aromatic rings. The first-order valence-corrected chi connectivity index (χ1v) is 9.99. The number of aryl methyl sites for hydroxylation is 1. The summed E-state index contributed by atoms with van der Waals surface area (Å²) in [6, 6.07) is 13.4. The van der Waals surface area contributed by atoms with Crippen LogP contribution < -0.4 is 9.47 Å². The second-order valence-electron chi connectivity index (χ2n) is 6.17. The van der Waals surface area contributed by atoms with Crippen LogP contribution in [0.5, 0.6) is 11.5 Å². The van der Waals surface area contributed by atoms with Crippen LogP contribution in [0, 0.1) is 0 Å². The second-order valence-corrected chi connectivity index (χ2v) is 7.11. The minimum absolute atomic E-state index is 0.0371. The molecule has 0 atom stereocenters. The van der Waals surface area contributed by atoms with Crippen LogP contribution in [0.1, 0.15) is 30.1 Å². The summed E-state index contributed by atoms with van der Waals surface area (Å²) < 4.78 is 12.7. The van der Waals surface area contributed by atoms with Crippen molar-refractivity contribution in [2.24, 2.45) is 0 Å². The summed E-state index contributed by atoms with van der Waals surface area (Å²) in [6.07, 6.45) is 2.19. The lowest BCUT2D eigenvalue weighted by molar-refractivity contribution is 0.102. The number of fused-ring (bicyclic) bond motifs is 1. The van der Waals surface area contributed by atoms with Crippen molar-refractivity contribution in [3.63, 3.8) is 0 Å². The van der Waals surface area contributed by atoms with Crippen LogP contribution in [0.15, 0.2) is 47.6 Å². The van der Waals surface area contributed by atoms with Crippen LogP contribution in [0.25, 0.3) is 11.0 Å². The zero-order valence-corrected chi connectivity index (χ0v) is 16.7. The molecule has 0 spiro atoms. The third kappa shape index (κ3) is 4.27. The van der Waals surface area contributed by atoms with Gasteiger partial charge in [-0.2, -0.15) is 0 Å². The Balaban J connectivity index is 1.79. The van der Waals surface area contributed by atoms with Gasteiger partial charge >= 0.3 is 0 Å². The van der Waals surface area contributed by atoms with Gasteiger partial charge in [0.2, 0.25) is 0 Å². The molecule has 3 rings (SSSR count). The van der Waals surface area contributed by atoms with Crippen molar-refractivity contribution in [2.45, 2.75) is 31.5 Å². The Morgan fingerprint density at radius 1 is 1.11 bits per heavy atom. The van der Waals surface area contributed by atoms with Crippen LogP contribution in [0.4, 0.5) is 0 Å². The molecule has 0 saturated carbocycles. The summed E-state index contributed by atoms with van der Waals surface area (Å²) in [7, 11) is 3.15. The number of aromatic nitrogens is 2. The highest BCUT2D eigenvalue weighted by Crippen LogP contribution is 2.29. The van der Waals surface area contributed by atoms with Crippen LogP contribution in [-0.2, 0) is 6.54 Å². The highest BCUT2D eigenvalue weighted by Gasteiger charge is 2.15. The molecule has 142 valence electrons. The van der Waals surface area contributed by atoms with Crippen LogP contribution in [0.3, 0.4) is 0 Å². The van der Waals surface area contributed by atoms with Gasteiger partial charge in [0, 0.05) is 12.1 Å². The normalized spacial score (nSPS) is 10.9. The zero-order chi connectivity index (χ0) is 19.2. The van der Waals surface area contributed by atoms with Gasteiger partial charge in [0.1, 0.15) is 0 Å². The monoisotopic (exact) mass is 384 g/mol. The van der Waals surface area contributed by atoms with Gasteiger partial charge in [-0.25, -0.2) is 4.98 Å². The van der Waals surface area contributed by atoms with E-state index in [1.54, 1.807) is 32.4 Å². The summed E-state index contributed by atoms with van der Waals surface area (Å²) in [5.41, 5.74) is 2.69. The van der Waals surface area contributed by atoms with Gasteiger partial charge in [-0.05, 0) is 36.8 Å². The Kier molecular flexibility index (Phi) is 6.40. The van der Waals surface area contributed by atoms with Gasteiger partial charge in [0.15, 0.2) is 22.4 Å². The number of imidazole rings is 1. The summed E-state index contributed by atoms with van der Waals surface area (Å²) in [4.78, 5) is 17.4. The Labute approximate surface area is 163 Å².